The lowest BCUT2D eigenvalue weighted by atomic mass is 10.3. The van der Waals surface area contributed by atoms with Crippen LogP contribution >= 0.6 is 0 Å². The molecular weight excluding hydrogens is 256 g/mol. The third kappa shape index (κ3) is 2.27. The van der Waals surface area contributed by atoms with Gasteiger partial charge in [-0.15, -0.1) is 0 Å². The second kappa shape index (κ2) is 5.20. The Bertz CT molecular complexity index is 653. The highest BCUT2D eigenvalue weighted by atomic mass is 16.5. The van der Waals surface area contributed by atoms with Crippen molar-refractivity contribution >= 4 is 11.0 Å². The molecule has 0 amide bonds. The van der Waals surface area contributed by atoms with Gasteiger partial charge in [0.15, 0.2) is 0 Å². The number of fused-ring (bicyclic) bond motifs is 1. The van der Waals surface area contributed by atoms with Crippen molar-refractivity contribution in [1.29, 1.82) is 0 Å². The van der Waals surface area contributed by atoms with Crippen molar-refractivity contribution in [1.82, 2.24) is 14.6 Å². The zero-order chi connectivity index (χ0) is 14.1. The van der Waals surface area contributed by atoms with Crippen LogP contribution < -0.4 is 15.4 Å². The van der Waals surface area contributed by atoms with Crippen molar-refractivity contribution in [2.75, 3.05) is 44.8 Å². The van der Waals surface area contributed by atoms with Crippen LogP contribution in [0, 0.1) is 0 Å². The molecule has 0 aliphatic carbocycles. The van der Waals surface area contributed by atoms with E-state index in [1.807, 2.05) is 25.1 Å². The molecule has 1 saturated heterocycles. The summed E-state index contributed by atoms with van der Waals surface area (Å²) in [7, 11) is 2.10. The molecule has 1 aromatic heterocycles. The molecule has 6 nitrogen and oxygen atoms in total. The van der Waals surface area contributed by atoms with Gasteiger partial charge in [0, 0.05) is 32.2 Å². The molecule has 0 radical (unpaired) electrons. The molecule has 0 spiro atoms. The third-order valence-corrected chi connectivity index (χ3v) is 3.70. The fourth-order valence-electron chi connectivity index (χ4n) is 2.60. The van der Waals surface area contributed by atoms with Crippen LogP contribution in [0.25, 0.3) is 11.0 Å². The van der Waals surface area contributed by atoms with Crippen LogP contribution in [-0.4, -0.2) is 54.4 Å². The number of H-pyrrole nitrogens is 1. The average Bonchev–Trinajstić information content (AvgIpc) is 2.76. The number of piperazine rings is 1. The molecular formula is C14H20N4O2. The molecule has 6 heteroatoms. The van der Waals surface area contributed by atoms with Gasteiger partial charge in [-0.3, -0.25) is 0 Å². The van der Waals surface area contributed by atoms with E-state index in [4.69, 9.17) is 4.74 Å². The molecule has 108 valence electrons. The van der Waals surface area contributed by atoms with E-state index in [0.717, 1.165) is 43.0 Å². The monoisotopic (exact) mass is 276 g/mol. The normalized spacial score (nSPS) is 16.8. The van der Waals surface area contributed by atoms with Crippen LogP contribution in [0.2, 0.25) is 0 Å². The Labute approximate surface area is 117 Å². The molecule has 0 saturated carbocycles. The molecule has 1 fully saturated rings. The number of ether oxygens (including phenoxy) is 1. The first-order valence-electron chi connectivity index (χ1n) is 7.00. The largest absolute Gasteiger partial charge is 0.494 e. The number of benzene rings is 1. The van der Waals surface area contributed by atoms with Crippen LogP contribution in [0.3, 0.4) is 0 Å². The first-order chi connectivity index (χ1) is 9.69. The highest BCUT2D eigenvalue weighted by Gasteiger charge is 2.18. The first kappa shape index (κ1) is 13.1. The minimum atomic E-state index is -0.0850. The molecule has 0 atom stereocenters. The van der Waals surface area contributed by atoms with Crippen molar-refractivity contribution in [2.45, 2.75) is 6.92 Å². The van der Waals surface area contributed by atoms with E-state index in [-0.39, 0.29) is 5.69 Å². The van der Waals surface area contributed by atoms with Gasteiger partial charge in [0.2, 0.25) is 0 Å². The summed E-state index contributed by atoms with van der Waals surface area (Å²) in [5.74, 6) is 0.793. The van der Waals surface area contributed by atoms with Gasteiger partial charge in [-0.05, 0) is 26.1 Å². The SMILES string of the molecule is CCOc1ccc2[nH]c(=O)n(N3CCN(C)CC3)c2c1. The summed E-state index contributed by atoms with van der Waals surface area (Å²) in [6, 6.07) is 5.71. The lowest BCUT2D eigenvalue weighted by Gasteiger charge is -2.34. The minimum Gasteiger partial charge on any atom is -0.494 e. The van der Waals surface area contributed by atoms with Crippen molar-refractivity contribution in [2.24, 2.45) is 0 Å². The fourth-order valence-corrected chi connectivity index (χ4v) is 2.60. The molecule has 0 bridgehead atoms. The number of hydrogen-bond donors (Lipinski definition) is 1. The van der Waals surface area contributed by atoms with E-state index >= 15 is 0 Å². The van der Waals surface area contributed by atoms with E-state index in [2.05, 4.69) is 21.9 Å². The Morgan fingerprint density at radius 3 is 2.70 bits per heavy atom. The standard InChI is InChI=1S/C14H20N4O2/c1-3-20-11-4-5-12-13(10-11)18(14(19)15-12)17-8-6-16(2)7-9-17/h4-5,10H,3,6-9H2,1-2H3,(H,15,19). The molecule has 1 N–H and O–H groups in total. The lowest BCUT2D eigenvalue weighted by molar-refractivity contribution is 0.287. The van der Waals surface area contributed by atoms with Gasteiger partial charge in [-0.1, -0.05) is 0 Å². The van der Waals surface area contributed by atoms with E-state index in [1.54, 1.807) is 4.68 Å². The fraction of sp³-hybridized carbons (Fsp3) is 0.500. The molecule has 1 aromatic carbocycles. The first-order valence-corrected chi connectivity index (χ1v) is 7.00. The van der Waals surface area contributed by atoms with Gasteiger partial charge in [0.25, 0.3) is 0 Å². The van der Waals surface area contributed by atoms with Gasteiger partial charge in [-0.25, -0.2) is 9.47 Å². The number of nitrogens with zero attached hydrogens (tertiary/aromatic N) is 3. The smallest absolute Gasteiger partial charge is 0.345 e. The van der Waals surface area contributed by atoms with Crippen LogP contribution in [-0.2, 0) is 0 Å². The molecule has 0 unspecified atom stereocenters. The van der Waals surface area contributed by atoms with Crippen LogP contribution in [0.15, 0.2) is 23.0 Å². The quantitative estimate of drug-likeness (QED) is 0.892. The molecule has 3 rings (SSSR count). The maximum atomic E-state index is 12.2. The number of hydrogen-bond acceptors (Lipinski definition) is 4. The Morgan fingerprint density at radius 2 is 2.00 bits per heavy atom. The summed E-state index contributed by atoms with van der Waals surface area (Å²) in [6.45, 7) is 6.20. The number of likely N-dealkylation sites (N-methyl/N-ethyl adjacent to an activating group) is 1. The second-order valence-corrected chi connectivity index (χ2v) is 5.11. The van der Waals surface area contributed by atoms with Crippen molar-refractivity contribution in [3.05, 3.63) is 28.7 Å². The maximum absolute atomic E-state index is 12.2. The van der Waals surface area contributed by atoms with Crippen LogP contribution in [0.4, 0.5) is 0 Å². The van der Waals surface area contributed by atoms with Crippen molar-refractivity contribution in [3.63, 3.8) is 0 Å². The van der Waals surface area contributed by atoms with Crippen LogP contribution in [0.5, 0.6) is 5.75 Å². The number of rotatable bonds is 3. The summed E-state index contributed by atoms with van der Waals surface area (Å²) < 4.78 is 7.27. The van der Waals surface area contributed by atoms with Crippen LogP contribution in [0.1, 0.15) is 6.92 Å². The molecule has 2 heterocycles. The number of aromatic amines is 1. The maximum Gasteiger partial charge on any atom is 0.345 e. The predicted octanol–water partition coefficient (Wildman–Crippen LogP) is 0.612. The number of aromatic nitrogens is 2. The molecule has 20 heavy (non-hydrogen) atoms. The van der Waals surface area contributed by atoms with Gasteiger partial charge in [0.1, 0.15) is 5.75 Å². The van der Waals surface area contributed by atoms with E-state index in [0.29, 0.717) is 6.61 Å². The second-order valence-electron chi connectivity index (χ2n) is 5.11. The van der Waals surface area contributed by atoms with Gasteiger partial charge in [0.05, 0.1) is 17.6 Å². The van der Waals surface area contributed by atoms with E-state index in [9.17, 15) is 4.79 Å². The summed E-state index contributed by atoms with van der Waals surface area (Å²) >= 11 is 0. The number of nitrogens with one attached hydrogen (secondary N) is 1. The van der Waals surface area contributed by atoms with Crippen molar-refractivity contribution in [3.8, 4) is 5.75 Å². The van der Waals surface area contributed by atoms with Gasteiger partial charge >= 0.3 is 5.69 Å². The summed E-state index contributed by atoms with van der Waals surface area (Å²) in [4.78, 5) is 17.4. The molecule has 1 aliphatic rings. The summed E-state index contributed by atoms with van der Waals surface area (Å²) in [5, 5.41) is 2.09. The lowest BCUT2D eigenvalue weighted by Crippen LogP contribution is -2.52. The Kier molecular flexibility index (Phi) is 3.40. The van der Waals surface area contributed by atoms with Crippen molar-refractivity contribution < 1.29 is 4.74 Å². The van der Waals surface area contributed by atoms with Gasteiger partial charge < -0.3 is 19.6 Å². The zero-order valence-corrected chi connectivity index (χ0v) is 11.9. The van der Waals surface area contributed by atoms with E-state index < -0.39 is 0 Å². The Balaban J connectivity index is 2.02. The molecule has 2 aromatic rings. The van der Waals surface area contributed by atoms with Gasteiger partial charge in [-0.2, -0.15) is 0 Å². The predicted molar refractivity (Wildman–Crippen MR) is 79.2 cm³/mol. The highest BCUT2D eigenvalue weighted by Crippen LogP contribution is 2.19. The summed E-state index contributed by atoms with van der Waals surface area (Å²) in [6.07, 6.45) is 0. The zero-order valence-electron chi connectivity index (χ0n) is 11.9. The average molecular weight is 276 g/mol. The Hall–Kier alpha value is -1.95. The van der Waals surface area contributed by atoms with E-state index in [1.165, 1.54) is 0 Å². The highest BCUT2D eigenvalue weighted by molar-refractivity contribution is 5.77. The third-order valence-electron chi connectivity index (χ3n) is 3.70. The Morgan fingerprint density at radius 1 is 1.25 bits per heavy atom. The summed E-state index contributed by atoms with van der Waals surface area (Å²) in [5.41, 5.74) is 1.64. The molecule has 1 aliphatic heterocycles. The minimum absolute atomic E-state index is 0.0850. The topological polar surface area (TPSA) is 53.5 Å². The number of imidazole rings is 1.